The number of nitrogens with zero attached hydrogens (tertiary/aromatic N) is 4. The van der Waals surface area contributed by atoms with Gasteiger partial charge < -0.3 is 24.4 Å². The number of pyridine rings is 1. The van der Waals surface area contributed by atoms with Crippen LogP contribution in [0, 0.1) is 25.2 Å². The van der Waals surface area contributed by atoms with Crippen molar-refractivity contribution < 1.29 is 29.2 Å². The molecular formula is C41H45ClN4O6. The van der Waals surface area contributed by atoms with E-state index < -0.39 is 11.5 Å². The summed E-state index contributed by atoms with van der Waals surface area (Å²) in [7, 11) is 1.80. The van der Waals surface area contributed by atoms with Gasteiger partial charge in [-0.2, -0.15) is 5.26 Å². The summed E-state index contributed by atoms with van der Waals surface area (Å²) in [6, 6.07) is 19.8. The van der Waals surface area contributed by atoms with Crippen molar-refractivity contribution in [2.75, 3.05) is 33.3 Å². The molecule has 1 aliphatic carbocycles. The molecule has 0 spiro atoms. The quantitative estimate of drug-likeness (QED) is 0.121. The van der Waals surface area contributed by atoms with E-state index in [4.69, 9.17) is 25.8 Å². The van der Waals surface area contributed by atoms with Crippen molar-refractivity contribution in [3.8, 4) is 28.7 Å². The Morgan fingerprint density at radius 2 is 1.69 bits per heavy atom. The van der Waals surface area contributed by atoms with E-state index in [-0.39, 0.29) is 19.3 Å². The van der Waals surface area contributed by atoms with E-state index in [1.165, 1.54) is 6.20 Å². The van der Waals surface area contributed by atoms with Gasteiger partial charge in [0.15, 0.2) is 0 Å². The molecule has 0 bridgehead atoms. The second-order valence-corrected chi connectivity index (χ2v) is 14.2. The van der Waals surface area contributed by atoms with Gasteiger partial charge in [-0.25, -0.2) is 0 Å². The first kappa shape index (κ1) is 37.3. The van der Waals surface area contributed by atoms with E-state index in [9.17, 15) is 20.3 Å². The number of β-amino-alcohol motifs (C(OH)–C–C–N with tert-alkyl or cyclic N) is 1. The average Bonchev–Trinajstić information content (AvgIpc) is 3.86. The molecular weight excluding hydrogens is 680 g/mol. The number of carbonyl (C=O) groups is 1. The molecule has 1 unspecified atom stereocenters. The molecule has 1 saturated heterocycles. The highest BCUT2D eigenvalue weighted by Crippen LogP contribution is 2.43. The Hall–Kier alpha value is -4.50. The largest absolute Gasteiger partial charge is 0.488 e. The molecule has 2 heterocycles. The van der Waals surface area contributed by atoms with Crippen LogP contribution in [0.4, 0.5) is 0 Å². The molecule has 0 amide bonds. The minimum absolute atomic E-state index is 0.150. The lowest BCUT2D eigenvalue weighted by Gasteiger charge is -2.26. The normalized spacial score (nSPS) is 16.5. The first-order chi connectivity index (χ1) is 25.1. The van der Waals surface area contributed by atoms with Crippen molar-refractivity contribution >= 4 is 17.6 Å². The van der Waals surface area contributed by atoms with Gasteiger partial charge in [-0.05, 0) is 85.7 Å². The van der Waals surface area contributed by atoms with E-state index >= 15 is 0 Å². The zero-order chi connectivity index (χ0) is 36.8. The Balaban J connectivity index is 1.18. The standard InChI is InChI=1S/C41H45ClN4O6/c1-27-31(25-50-15-14-46-13-10-34(47)23-46)6-4-8-35(27)36-9-5-7-32(28(36)2)26-52-39-18-38(51-24-30-16-29(19-43)20-44-21-30)33(17-37(39)42)22-45(3)41(11-12-41)40(48)49/h4-9,16-18,20-21,34,47H,10-15,22-26H2,1-3H3,(H,48,49). The molecule has 2 fully saturated rings. The third-order valence-corrected chi connectivity index (χ3v) is 10.6. The highest BCUT2D eigenvalue weighted by Gasteiger charge is 2.53. The summed E-state index contributed by atoms with van der Waals surface area (Å²) >= 11 is 6.81. The molecule has 10 nitrogen and oxygen atoms in total. The fraction of sp³-hybridized carbons (Fsp3) is 0.390. The molecule has 1 atom stereocenters. The van der Waals surface area contributed by atoms with Crippen LogP contribution in [0.5, 0.6) is 11.5 Å². The molecule has 1 aliphatic heterocycles. The number of aliphatic hydroxyl groups excluding tert-OH is 1. The predicted octanol–water partition coefficient (Wildman–Crippen LogP) is 6.68. The minimum atomic E-state index is -0.893. The van der Waals surface area contributed by atoms with Crippen LogP contribution >= 0.6 is 11.6 Å². The van der Waals surface area contributed by atoms with E-state index in [1.54, 1.807) is 31.4 Å². The van der Waals surface area contributed by atoms with E-state index in [0.29, 0.717) is 61.2 Å². The molecule has 6 rings (SSSR count). The Labute approximate surface area is 310 Å². The van der Waals surface area contributed by atoms with Crippen LogP contribution in [0.3, 0.4) is 0 Å². The molecule has 1 aromatic heterocycles. The van der Waals surface area contributed by atoms with Crippen LogP contribution in [0.25, 0.3) is 11.1 Å². The minimum Gasteiger partial charge on any atom is -0.488 e. The van der Waals surface area contributed by atoms with Crippen LogP contribution in [-0.2, 0) is 35.9 Å². The summed E-state index contributed by atoms with van der Waals surface area (Å²) in [5.41, 5.74) is 7.63. The number of aromatic nitrogens is 1. The highest BCUT2D eigenvalue weighted by atomic mass is 35.5. The number of likely N-dealkylation sites (N-methyl/N-ethyl adjacent to an activating group) is 1. The number of carboxylic acids is 1. The third-order valence-electron chi connectivity index (χ3n) is 10.3. The average molecular weight is 725 g/mol. The van der Waals surface area contributed by atoms with Crippen LogP contribution in [0.15, 0.2) is 67.0 Å². The third kappa shape index (κ3) is 8.58. The zero-order valence-electron chi connectivity index (χ0n) is 29.9. The Morgan fingerprint density at radius 1 is 1.00 bits per heavy atom. The summed E-state index contributed by atoms with van der Waals surface area (Å²) < 4.78 is 18.7. The van der Waals surface area contributed by atoms with Crippen molar-refractivity contribution in [2.45, 2.75) is 71.1 Å². The number of ether oxygens (including phenoxy) is 3. The topological polar surface area (TPSA) is 128 Å². The first-order valence-electron chi connectivity index (χ1n) is 17.6. The van der Waals surface area contributed by atoms with Gasteiger partial charge in [0.2, 0.25) is 0 Å². The van der Waals surface area contributed by atoms with Gasteiger partial charge in [0.05, 0.1) is 29.9 Å². The zero-order valence-corrected chi connectivity index (χ0v) is 30.7. The summed E-state index contributed by atoms with van der Waals surface area (Å²) in [5, 5.41) is 29.3. The number of aliphatic carboxylic acids is 1. The SMILES string of the molecule is Cc1c(COCCN2CCC(O)C2)cccc1-c1cccc(COc2cc(OCc3cncc(C#N)c3)c(CN(C)C3(C(=O)O)CC3)cc2Cl)c1C. The van der Waals surface area contributed by atoms with Crippen molar-refractivity contribution in [3.63, 3.8) is 0 Å². The number of hydrogen-bond acceptors (Lipinski definition) is 9. The Bertz CT molecular complexity index is 1960. The second-order valence-electron chi connectivity index (χ2n) is 13.8. The van der Waals surface area contributed by atoms with Gasteiger partial charge in [-0.1, -0.05) is 48.0 Å². The molecule has 1 saturated carbocycles. The number of aliphatic hydroxyl groups is 1. The highest BCUT2D eigenvalue weighted by molar-refractivity contribution is 6.32. The molecule has 0 radical (unpaired) electrons. The molecule has 272 valence electrons. The smallest absolute Gasteiger partial charge is 0.324 e. The molecule has 2 N–H and O–H groups in total. The molecule has 2 aliphatic rings. The lowest BCUT2D eigenvalue weighted by Crippen LogP contribution is -2.40. The van der Waals surface area contributed by atoms with Gasteiger partial charge in [0.25, 0.3) is 0 Å². The van der Waals surface area contributed by atoms with Crippen LogP contribution in [0.2, 0.25) is 5.02 Å². The van der Waals surface area contributed by atoms with E-state index in [1.807, 2.05) is 17.0 Å². The van der Waals surface area contributed by atoms with Crippen molar-refractivity contribution in [2.24, 2.45) is 0 Å². The van der Waals surface area contributed by atoms with Crippen LogP contribution < -0.4 is 9.47 Å². The lowest BCUT2D eigenvalue weighted by atomic mass is 9.92. The van der Waals surface area contributed by atoms with Gasteiger partial charge in [-0.15, -0.1) is 0 Å². The number of hydrogen-bond donors (Lipinski definition) is 2. The summed E-state index contributed by atoms with van der Waals surface area (Å²) in [6.07, 6.45) is 4.90. The number of rotatable bonds is 16. The lowest BCUT2D eigenvalue weighted by molar-refractivity contribution is -0.144. The Kier molecular flexibility index (Phi) is 11.8. The molecule has 3 aromatic carbocycles. The number of likely N-dealkylation sites (tertiary alicyclic amines) is 1. The maximum Gasteiger partial charge on any atom is 0.324 e. The monoisotopic (exact) mass is 724 g/mol. The van der Waals surface area contributed by atoms with Gasteiger partial charge in [0.1, 0.15) is 36.3 Å². The van der Waals surface area contributed by atoms with Crippen LogP contribution in [0.1, 0.15) is 58.2 Å². The molecule has 4 aromatic rings. The van der Waals surface area contributed by atoms with Gasteiger partial charge in [0, 0.05) is 55.8 Å². The first-order valence-corrected chi connectivity index (χ1v) is 18.0. The maximum atomic E-state index is 12.0. The number of carboxylic acid groups (broad SMARTS) is 1. The summed E-state index contributed by atoms with van der Waals surface area (Å²) in [4.78, 5) is 20.2. The molecule has 11 heteroatoms. The summed E-state index contributed by atoms with van der Waals surface area (Å²) in [5.74, 6) is 0.105. The maximum absolute atomic E-state index is 12.0. The fourth-order valence-corrected chi connectivity index (χ4v) is 7.07. The number of nitriles is 1. The Morgan fingerprint density at radius 3 is 2.33 bits per heavy atom. The van der Waals surface area contributed by atoms with E-state index in [2.05, 4.69) is 54.1 Å². The van der Waals surface area contributed by atoms with Gasteiger partial charge >= 0.3 is 5.97 Å². The number of halogens is 1. The fourth-order valence-electron chi connectivity index (χ4n) is 6.83. The van der Waals surface area contributed by atoms with E-state index in [0.717, 1.165) is 64.0 Å². The molecule has 52 heavy (non-hydrogen) atoms. The van der Waals surface area contributed by atoms with Crippen molar-refractivity contribution in [1.29, 1.82) is 5.26 Å². The second kappa shape index (κ2) is 16.4. The summed E-state index contributed by atoms with van der Waals surface area (Å²) in [6.45, 7) is 8.52. The number of benzene rings is 3. The van der Waals surface area contributed by atoms with Crippen molar-refractivity contribution in [3.05, 3.63) is 111 Å². The van der Waals surface area contributed by atoms with Crippen molar-refractivity contribution in [1.82, 2.24) is 14.8 Å². The van der Waals surface area contributed by atoms with Crippen LogP contribution in [-0.4, -0.2) is 75.9 Å². The predicted molar refractivity (Wildman–Crippen MR) is 198 cm³/mol. The van der Waals surface area contributed by atoms with Gasteiger partial charge in [-0.3, -0.25) is 19.6 Å².